The fourth-order valence-corrected chi connectivity index (χ4v) is 4.72. The molecule has 0 spiro atoms. The van der Waals surface area contributed by atoms with Gasteiger partial charge in [0.25, 0.3) is 0 Å². The van der Waals surface area contributed by atoms with Crippen molar-refractivity contribution in [2.75, 3.05) is 13.7 Å². The van der Waals surface area contributed by atoms with Crippen LogP contribution in [0.4, 0.5) is 0 Å². The van der Waals surface area contributed by atoms with Crippen LogP contribution in [0.2, 0.25) is 5.02 Å². The van der Waals surface area contributed by atoms with Gasteiger partial charge in [-0.1, -0.05) is 36.6 Å². The molecule has 1 saturated carbocycles. The molecular weight excluding hydrogens is 434 g/mol. The van der Waals surface area contributed by atoms with E-state index in [4.69, 9.17) is 16.3 Å². The first-order valence-corrected chi connectivity index (χ1v) is 11.6. The van der Waals surface area contributed by atoms with E-state index in [1.54, 1.807) is 0 Å². The summed E-state index contributed by atoms with van der Waals surface area (Å²) in [5.41, 5.74) is 0.341. The van der Waals surface area contributed by atoms with E-state index < -0.39 is 29.3 Å². The Morgan fingerprint density at radius 2 is 1.78 bits per heavy atom. The van der Waals surface area contributed by atoms with Gasteiger partial charge in [0, 0.05) is 24.8 Å². The highest BCUT2D eigenvalue weighted by Crippen LogP contribution is 2.44. The van der Waals surface area contributed by atoms with Crippen LogP contribution in [0.3, 0.4) is 0 Å². The highest BCUT2D eigenvalue weighted by molar-refractivity contribution is 6.30. The predicted molar refractivity (Wildman–Crippen MR) is 122 cm³/mol. The molecule has 8 heteroatoms. The number of nitrogens with one attached hydrogen (secondary N) is 1. The van der Waals surface area contributed by atoms with Gasteiger partial charge in [-0.15, -0.1) is 0 Å². The standard InChI is InChI=1S/C24H34ClNO6/c1-32-14-11-18(22(29)30)16-24(12-2-3-13-24)23(31)26-20(15-21(27)28)6-4-5-17-7-9-19(25)10-8-17/h7-10,18,20H,2-6,11-16H2,1H3,(H,26,31)(H,27,28)(H,29,30)/t18-,20-/m0/s1. The number of hydrogen-bond acceptors (Lipinski definition) is 4. The number of hydrogen-bond donors (Lipinski definition) is 3. The molecule has 2 rings (SSSR count). The monoisotopic (exact) mass is 467 g/mol. The van der Waals surface area contributed by atoms with Crippen molar-refractivity contribution < 1.29 is 29.3 Å². The van der Waals surface area contributed by atoms with Crippen molar-refractivity contribution in [1.82, 2.24) is 5.32 Å². The van der Waals surface area contributed by atoms with Crippen molar-refractivity contribution in [3.8, 4) is 0 Å². The molecule has 0 heterocycles. The van der Waals surface area contributed by atoms with Crippen LogP contribution in [0, 0.1) is 11.3 Å². The molecule has 0 aromatic heterocycles. The topological polar surface area (TPSA) is 113 Å². The minimum atomic E-state index is -0.967. The number of methoxy groups -OCH3 is 1. The molecule has 0 saturated heterocycles. The van der Waals surface area contributed by atoms with Gasteiger partial charge in [-0.25, -0.2) is 0 Å². The van der Waals surface area contributed by atoms with Crippen LogP contribution in [0.25, 0.3) is 0 Å². The molecule has 2 atom stereocenters. The fraction of sp³-hybridized carbons (Fsp3) is 0.625. The van der Waals surface area contributed by atoms with Gasteiger partial charge >= 0.3 is 11.9 Å². The minimum absolute atomic E-state index is 0.158. The Hall–Kier alpha value is -2.12. The van der Waals surface area contributed by atoms with Gasteiger partial charge in [-0.2, -0.15) is 0 Å². The molecule has 1 aliphatic carbocycles. The van der Waals surface area contributed by atoms with Crippen molar-refractivity contribution in [3.05, 3.63) is 34.9 Å². The van der Waals surface area contributed by atoms with Crippen LogP contribution in [-0.4, -0.2) is 47.8 Å². The average molecular weight is 468 g/mol. The van der Waals surface area contributed by atoms with Crippen molar-refractivity contribution in [1.29, 1.82) is 0 Å². The molecule has 1 aromatic carbocycles. The maximum Gasteiger partial charge on any atom is 0.306 e. The van der Waals surface area contributed by atoms with E-state index in [0.717, 1.165) is 31.2 Å². The summed E-state index contributed by atoms with van der Waals surface area (Å²) in [4.78, 5) is 36.5. The lowest BCUT2D eigenvalue weighted by molar-refractivity contribution is -0.145. The summed E-state index contributed by atoms with van der Waals surface area (Å²) >= 11 is 5.91. The summed E-state index contributed by atoms with van der Waals surface area (Å²) in [6.45, 7) is 0.320. The Labute approximate surface area is 194 Å². The molecule has 0 aliphatic heterocycles. The number of carbonyl (C=O) groups excluding carboxylic acids is 1. The first-order valence-electron chi connectivity index (χ1n) is 11.2. The van der Waals surface area contributed by atoms with E-state index in [9.17, 15) is 24.6 Å². The quantitative estimate of drug-likeness (QED) is 0.375. The summed E-state index contributed by atoms with van der Waals surface area (Å²) < 4.78 is 5.04. The van der Waals surface area contributed by atoms with Crippen LogP contribution in [-0.2, 0) is 25.5 Å². The third-order valence-electron chi connectivity index (χ3n) is 6.39. The van der Waals surface area contributed by atoms with Crippen LogP contribution < -0.4 is 5.32 Å². The highest BCUT2D eigenvalue weighted by Gasteiger charge is 2.44. The minimum Gasteiger partial charge on any atom is -0.481 e. The molecule has 1 aromatic rings. The SMILES string of the molecule is COCC[C@@H](CC1(C(=O)N[C@@H](CCCc2ccc(Cl)cc2)CC(=O)O)CCCC1)C(=O)O. The molecule has 0 bridgehead atoms. The Bertz CT molecular complexity index is 760. The Morgan fingerprint density at radius 3 is 2.34 bits per heavy atom. The maximum atomic E-state index is 13.3. The summed E-state index contributed by atoms with van der Waals surface area (Å²) in [5.74, 6) is -2.77. The number of amides is 1. The lowest BCUT2D eigenvalue weighted by Crippen LogP contribution is -2.46. The number of rotatable bonds is 14. The Morgan fingerprint density at radius 1 is 1.12 bits per heavy atom. The molecule has 1 amide bonds. The van der Waals surface area contributed by atoms with E-state index in [-0.39, 0.29) is 18.7 Å². The molecule has 7 nitrogen and oxygen atoms in total. The van der Waals surface area contributed by atoms with Crippen molar-refractivity contribution in [2.24, 2.45) is 11.3 Å². The fourth-order valence-electron chi connectivity index (χ4n) is 4.60. The number of carboxylic acid groups (broad SMARTS) is 2. The zero-order valence-corrected chi connectivity index (χ0v) is 19.4. The second kappa shape index (κ2) is 12.8. The van der Waals surface area contributed by atoms with Gasteiger partial charge in [0.05, 0.1) is 17.8 Å². The summed E-state index contributed by atoms with van der Waals surface area (Å²) in [6, 6.07) is 7.02. The van der Waals surface area contributed by atoms with Gasteiger partial charge in [0.2, 0.25) is 5.91 Å². The predicted octanol–water partition coefficient (Wildman–Crippen LogP) is 4.31. The maximum absolute atomic E-state index is 13.3. The Kier molecular flexibility index (Phi) is 10.5. The van der Waals surface area contributed by atoms with Crippen molar-refractivity contribution in [2.45, 2.75) is 70.3 Å². The normalized spacial score (nSPS) is 16.9. The number of aliphatic carboxylic acids is 2. The largest absolute Gasteiger partial charge is 0.481 e. The number of halogens is 1. The number of carbonyl (C=O) groups is 3. The van der Waals surface area contributed by atoms with E-state index in [1.165, 1.54) is 7.11 Å². The van der Waals surface area contributed by atoms with Crippen molar-refractivity contribution >= 4 is 29.4 Å². The number of aryl methyl sites for hydroxylation is 1. The lowest BCUT2D eigenvalue weighted by Gasteiger charge is -2.32. The molecule has 178 valence electrons. The first-order chi connectivity index (χ1) is 15.3. The van der Waals surface area contributed by atoms with Crippen LogP contribution in [0.1, 0.15) is 63.4 Å². The third-order valence-corrected chi connectivity index (χ3v) is 6.64. The summed E-state index contributed by atoms with van der Waals surface area (Å²) in [6.07, 6.45) is 5.43. The number of ether oxygens (including phenoxy) is 1. The van der Waals surface area contributed by atoms with Crippen LogP contribution in [0.5, 0.6) is 0 Å². The smallest absolute Gasteiger partial charge is 0.306 e. The molecule has 3 N–H and O–H groups in total. The highest BCUT2D eigenvalue weighted by atomic mass is 35.5. The molecular formula is C24H34ClNO6. The van der Waals surface area contributed by atoms with Gasteiger partial charge < -0.3 is 20.3 Å². The number of benzene rings is 1. The lowest BCUT2D eigenvalue weighted by atomic mass is 9.75. The second-order valence-electron chi connectivity index (χ2n) is 8.80. The molecule has 1 fully saturated rings. The van der Waals surface area contributed by atoms with Crippen LogP contribution >= 0.6 is 11.6 Å². The Balaban J connectivity index is 2.03. The van der Waals surface area contributed by atoms with Gasteiger partial charge in [-0.05, 0) is 62.6 Å². The molecule has 0 unspecified atom stereocenters. The van der Waals surface area contributed by atoms with Gasteiger partial charge in [-0.3, -0.25) is 14.4 Å². The molecule has 32 heavy (non-hydrogen) atoms. The van der Waals surface area contributed by atoms with Crippen LogP contribution in [0.15, 0.2) is 24.3 Å². The third kappa shape index (κ3) is 8.10. The zero-order chi connectivity index (χ0) is 23.6. The van der Waals surface area contributed by atoms with E-state index in [0.29, 0.717) is 37.3 Å². The summed E-state index contributed by atoms with van der Waals surface area (Å²) in [7, 11) is 1.53. The van der Waals surface area contributed by atoms with Gasteiger partial charge in [0.15, 0.2) is 0 Å². The van der Waals surface area contributed by atoms with E-state index in [1.807, 2.05) is 24.3 Å². The summed E-state index contributed by atoms with van der Waals surface area (Å²) in [5, 5.41) is 22.6. The van der Waals surface area contributed by atoms with E-state index in [2.05, 4.69) is 5.32 Å². The first kappa shape index (κ1) is 26.1. The molecule has 1 aliphatic rings. The average Bonchev–Trinajstić information content (AvgIpc) is 3.22. The molecule has 0 radical (unpaired) electrons. The second-order valence-corrected chi connectivity index (χ2v) is 9.23. The van der Waals surface area contributed by atoms with Crippen molar-refractivity contribution in [3.63, 3.8) is 0 Å². The van der Waals surface area contributed by atoms with Gasteiger partial charge in [0.1, 0.15) is 0 Å². The van der Waals surface area contributed by atoms with E-state index >= 15 is 0 Å². The zero-order valence-electron chi connectivity index (χ0n) is 18.6. The number of carboxylic acids is 2.